The van der Waals surface area contributed by atoms with E-state index >= 15 is 0 Å². The molecule has 0 N–H and O–H groups in total. The van der Waals surface area contributed by atoms with E-state index < -0.39 is 29.2 Å². The lowest BCUT2D eigenvalue weighted by Crippen LogP contribution is -2.33. The quantitative estimate of drug-likeness (QED) is 0.253. The summed E-state index contributed by atoms with van der Waals surface area (Å²) in [6, 6.07) is 13.7. The summed E-state index contributed by atoms with van der Waals surface area (Å²) in [5.74, 6) is -1.61. The highest BCUT2D eigenvalue weighted by molar-refractivity contribution is 5.59. The first-order chi connectivity index (χ1) is 16.8. The number of hydrogen-bond acceptors (Lipinski definition) is 4. The number of aromatic nitrogens is 5. The van der Waals surface area contributed by atoms with Crippen LogP contribution in [0.2, 0.25) is 0 Å². The molecule has 4 heterocycles. The van der Waals surface area contributed by atoms with Crippen molar-refractivity contribution in [2.75, 3.05) is 0 Å². The van der Waals surface area contributed by atoms with Crippen molar-refractivity contribution in [2.45, 2.75) is 43.7 Å². The Morgan fingerprint density at radius 3 is 2.17 bits per heavy atom. The van der Waals surface area contributed by atoms with Gasteiger partial charge < -0.3 is 0 Å². The number of pyridine rings is 3. The van der Waals surface area contributed by atoms with E-state index in [1.54, 1.807) is 24.3 Å². The number of hydrogen-bond donors (Lipinski definition) is 0. The molecule has 1 saturated carbocycles. The lowest BCUT2D eigenvalue weighted by atomic mass is 9.69. The first-order valence-electron chi connectivity index (χ1n) is 11.2. The molecule has 0 saturated heterocycles. The van der Waals surface area contributed by atoms with Gasteiger partial charge in [0.2, 0.25) is 11.9 Å². The Labute approximate surface area is 197 Å². The molecule has 0 radical (unpaired) electrons. The molecule has 0 aliphatic heterocycles. The van der Waals surface area contributed by atoms with Crippen LogP contribution in [0.25, 0.3) is 17.1 Å². The summed E-state index contributed by atoms with van der Waals surface area (Å²) in [7, 11) is 0. The van der Waals surface area contributed by atoms with E-state index in [0.717, 1.165) is 48.9 Å². The molecule has 0 atom stereocenters. The molecular formula is C25H20F5N5. The summed E-state index contributed by atoms with van der Waals surface area (Å²) in [5.41, 5.74) is 0.100. The largest absolute Gasteiger partial charge is 0.435 e. The molecule has 0 aromatic carbocycles. The van der Waals surface area contributed by atoms with E-state index in [4.69, 9.17) is 9.97 Å². The molecule has 0 unspecified atom stereocenters. The van der Waals surface area contributed by atoms with Crippen LogP contribution >= 0.6 is 0 Å². The van der Waals surface area contributed by atoms with Gasteiger partial charge in [0.25, 0.3) is 0 Å². The monoisotopic (exact) mass is 485 g/mol. The first-order valence-corrected chi connectivity index (χ1v) is 11.2. The van der Waals surface area contributed by atoms with Gasteiger partial charge in [-0.2, -0.15) is 32.0 Å². The smallest absolute Gasteiger partial charge is 0.252 e. The Morgan fingerprint density at radius 2 is 1.49 bits per heavy atom. The molecule has 180 valence electrons. The summed E-state index contributed by atoms with van der Waals surface area (Å²) in [5, 5.41) is 3.64. The summed E-state index contributed by atoms with van der Waals surface area (Å²) < 4.78 is 67.9. The summed E-state index contributed by atoms with van der Waals surface area (Å²) >= 11 is 0. The van der Waals surface area contributed by atoms with E-state index in [-0.39, 0.29) is 11.4 Å². The molecule has 0 spiro atoms. The third kappa shape index (κ3) is 4.40. The fourth-order valence-corrected chi connectivity index (χ4v) is 4.67. The zero-order valence-electron chi connectivity index (χ0n) is 18.4. The predicted molar refractivity (Wildman–Crippen MR) is 118 cm³/mol. The second-order valence-corrected chi connectivity index (χ2v) is 8.55. The van der Waals surface area contributed by atoms with E-state index in [2.05, 4.69) is 10.1 Å². The standard InChI is InChI=1S/C25H20F5N5/c26-21-11-10-16(23(27)33-21)17-6-4-7-18(31-17)24(13-2-1-3-14-24)19-8-5-9-22(32-19)35-15-12-20(34-35)25(28,29)30/h4-12,15H,1-3,13-14H2. The molecule has 5 nitrogen and oxygen atoms in total. The van der Waals surface area contributed by atoms with E-state index in [1.165, 1.54) is 12.3 Å². The van der Waals surface area contributed by atoms with Crippen LogP contribution in [-0.2, 0) is 11.6 Å². The summed E-state index contributed by atoms with van der Waals surface area (Å²) in [4.78, 5) is 12.7. The molecule has 1 fully saturated rings. The maximum atomic E-state index is 14.4. The van der Waals surface area contributed by atoms with Gasteiger partial charge in [0, 0.05) is 6.20 Å². The third-order valence-corrected chi connectivity index (χ3v) is 6.38. The molecule has 1 aliphatic carbocycles. The zero-order chi connectivity index (χ0) is 24.6. The first kappa shape index (κ1) is 23.1. The van der Waals surface area contributed by atoms with Crippen LogP contribution in [0.3, 0.4) is 0 Å². The average molecular weight is 485 g/mol. The van der Waals surface area contributed by atoms with Crippen molar-refractivity contribution in [3.63, 3.8) is 0 Å². The lowest BCUT2D eigenvalue weighted by Gasteiger charge is -2.36. The molecule has 1 aliphatic rings. The predicted octanol–water partition coefficient (Wildman–Crippen LogP) is 6.27. The molecule has 0 bridgehead atoms. The van der Waals surface area contributed by atoms with E-state index in [1.807, 2.05) is 12.1 Å². The minimum atomic E-state index is -4.55. The zero-order valence-corrected chi connectivity index (χ0v) is 18.4. The minimum absolute atomic E-state index is 0.0807. The van der Waals surface area contributed by atoms with Crippen molar-refractivity contribution >= 4 is 0 Å². The Bertz CT molecular complexity index is 1360. The molecule has 35 heavy (non-hydrogen) atoms. The van der Waals surface area contributed by atoms with Crippen LogP contribution in [0, 0.1) is 11.9 Å². The SMILES string of the molecule is Fc1ccc(-c2cccc(C3(c4cccc(-n5ccc(C(F)(F)F)n5)n4)CCCCC3)n2)c(F)n1. The Kier molecular flexibility index (Phi) is 5.82. The van der Waals surface area contributed by atoms with Gasteiger partial charge in [0.05, 0.1) is 28.1 Å². The molecular weight excluding hydrogens is 465 g/mol. The lowest BCUT2D eigenvalue weighted by molar-refractivity contribution is -0.141. The van der Waals surface area contributed by atoms with Gasteiger partial charge in [-0.05, 0) is 55.3 Å². The van der Waals surface area contributed by atoms with Gasteiger partial charge in [-0.1, -0.05) is 31.4 Å². The van der Waals surface area contributed by atoms with Crippen molar-refractivity contribution in [1.29, 1.82) is 0 Å². The number of nitrogens with zero attached hydrogens (tertiary/aromatic N) is 5. The van der Waals surface area contributed by atoms with Gasteiger partial charge >= 0.3 is 6.18 Å². The van der Waals surface area contributed by atoms with Gasteiger partial charge in [0.15, 0.2) is 11.5 Å². The second kappa shape index (κ2) is 8.83. The normalized spacial score (nSPS) is 15.8. The van der Waals surface area contributed by atoms with Gasteiger partial charge in [-0.15, -0.1) is 0 Å². The molecule has 5 rings (SSSR count). The topological polar surface area (TPSA) is 56.5 Å². The summed E-state index contributed by atoms with van der Waals surface area (Å²) in [6.07, 6.45) is 0.960. The molecule has 4 aromatic heterocycles. The minimum Gasteiger partial charge on any atom is -0.252 e. The van der Waals surface area contributed by atoms with Crippen LogP contribution in [0.1, 0.15) is 49.2 Å². The van der Waals surface area contributed by atoms with Crippen LogP contribution < -0.4 is 0 Å². The van der Waals surface area contributed by atoms with Crippen molar-refractivity contribution in [3.05, 3.63) is 89.8 Å². The molecule has 10 heteroatoms. The highest BCUT2D eigenvalue weighted by atomic mass is 19.4. The Balaban J connectivity index is 1.59. The highest BCUT2D eigenvalue weighted by Gasteiger charge is 2.39. The van der Waals surface area contributed by atoms with Crippen molar-refractivity contribution < 1.29 is 22.0 Å². The van der Waals surface area contributed by atoms with Crippen molar-refractivity contribution in [3.8, 4) is 17.1 Å². The summed E-state index contributed by atoms with van der Waals surface area (Å²) in [6.45, 7) is 0. The van der Waals surface area contributed by atoms with E-state index in [9.17, 15) is 22.0 Å². The fourth-order valence-electron chi connectivity index (χ4n) is 4.67. The Hall–Kier alpha value is -3.69. The fraction of sp³-hybridized carbons (Fsp3) is 0.280. The van der Waals surface area contributed by atoms with Crippen molar-refractivity contribution in [2.24, 2.45) is 0 Å². The number of rotatable bonds is 4. The van der Waals surface area contributed by atoms with Crippen molar-refractivity contribution in [1.82, 2.24) is 24.7 Å². The van der Waals surface area contributed by atoms with Crippen LogP contribution in [0.15, 0.2) is 60.8 Å². The highest BCUT2D eigenvalue weighted by Crippen LogP contribution is 2.44. The number of alkyl halides is 3. The average Bonchev–Trinajstić information content (AvgIpc) is 3.36. The third-order valence-electron chi connectivity index (χ3n) is 6.38. The van der Waals surface area contributed by atoms with Gasteiger partial charge in [-0.25, -0.2) is 9.67 Å². The molecule has 0 amide bonds. The van der Waals surface area contributed by atoms with Gasteiger partial charge in [0.1, 0.15) is 0 Å². The molecule has 4 aromatic rings. The van der Waals surface area contributed by atoms with Gasteiger partial charge in [-0.3, -0.25) is 4.98 Å². The maximum Gasteiger partial charge on any atom is 0.435 e. The second-order valence-electron chi connectivity index (χ2n) is 8.55. The van der Waals surface area contributed by atoms with Crippen LogP contribution in [0.4, 0.5) is 22.0 Å². The maximum absolute atomic E-state index is 14.4. The number of halogens is 5. The van der Waals surface area contributed by atoms with Crippen LogP contribution in [-0.4, -0.2) is 24.7 Å². The van der Waals surface area contributed by atoms with E-state index in [0.29, 0.717) is 17.1 Å². The van der Waals surface area contributed by atoms with Crippen LogP contribution in [0.5, 0.6) is 0 Å². The Morgan fingerprint density at radius 1 is 0.771 bits per heavy atom.